The Balaban J connectivity index is 1.41. The molecule has 1 N–H and O–H groups in total. The van der Waals surface area contributed by atoms with Crippen LogP contribution in [0, 0.1) is 13.8 Å². The topological polar surface area (TPSA) is 35.2 Å². The number of aromatic nitrogens is 2. The highest BCUT2D eigenvalue weighted by molar-refractivity contribution is 5.92. The van der Waals surface area contributed by atoms with Gasteiger partial charge in [0, 0.05) is 46.5 Å². The van der Waals surface area contributed by atoms with Crippen molar-refractivity contribution in [3.05, 3.63) is 52.8 Å². The SMILES string of the molecule is Cc1cc(-c2[nH]c3ccc(C4CCCN(C5CCN(C(C)C)CC5)C4)cc3c2C(C)C)cc(C)n1. The van der Waals surface area contributed by atoms with Gasteiger partial charge >= 0.3 is 0 Å². The average molecular weight is 473 g/mol. The van der Waals surface area contributed by atoms with Crippen molar-refractivity contribution >= 4 is 10.9 Å². The molecule has 4 heteroatoms. The summed E-state index contributed by atoms with van der Waals surface area (Å²) in [6.07, 6.45) is 5.28. The van der Waals surface area contributed by atoms with Crippen molar-refractivity contribution in [3.8, 4) is 11.3 Å². The molecule has 35 heavy (non-hydrogen) atoms. The molecule has 1 unspecified atom stereocenters. The molecule has 4 nitrogen and oxygen atoms in total. The van der Waals surface area contributed by atoms with E-state index in [4.69, 9.17) is 0 Å². The molecule has 3 aromatic rings. The Morgan fingerprint density at radius 2 is 1.63 bits per heavy atom. The average Bonchev–Trinajstić information content (AvgIpc) is 3.23. The van der Waals surface area contributed by atoms with Crippen LogP contribution in [0.3, 0.4) is 0 Å². The third kappa shape index (κ3) is 5.06. The fourth-order valence-corrected chi connectivity index (χ4v) is 6.67. The smallest absolute Gasteiger partial charge is 0.0501 e. The van der Waals surface area contributed by atoms with Crippen LogP contribution in [0.4, 0.5) is 0 Å². The molecule has 2 fully saturated rings. The number of fused-ring (bicyclic) bond motifs is 1. The van der Waals surface area contributed by atoms with Crippen LogP contribution in [-0.4, -0.2) is 58.0 Å². The van der Waals surface area contributed by atoms with Crippen LogP contribution in [0.1, 0.15) is 87.7 Å². The van der Waals surface area contributed by atoms with E-state index in [2.05, 4.69) is 91.6 Å². The molecule has 0 aliphatic carbocycles. The molecule has 2 aliphatic heterocycles. The normalized spacial score (nSPS) is 21.0. The van der Waals surface area contributed by atoms with E-state index in [1.807, 2.05) is 0 Å². The first-order valence-corrected chi connectivity index (χ1v) is 13.9. The molecule has 188 valence electrons. The van der Waals surface area contributed by atoms with Gasteiger partial charge in [-0.1, -0.05) is 19.9 Å². The van der Waals surface area contributed by atoms with Crippen LogP contribution in [0.5, 0.6) is 0 Å². The molecule has 2 aromatic heterocycles. The summed E-state index contributed by atoms with van der Waals surface area (Å²) in [7, 11) is 0. The minimum atomic E-state index is 0.455. The van der Waals surface area contributed by atoms with Crippen molar-refractivity contribution in [2.75, 3.05) is 26.2 Å². The minimum Gasteiger partial charge on any atom is -0.354 e. The molecule has 0 saturated carbocycles. The van der Waals surface area contributed by atoms with Crippen LogP contribution >= 0.6 is 0 Å². The first-order valence-electron chi connectivity index (χ1n) is 13.9. The van der Waals surface area contributed by atoms with E-state index >= 15 is 0 Å². The first-order chi connectivity index (χ1) is 16.8. The van der Waals surface area contributed by atoms with Crippen molar-refractivity contribution in [1.82, 2.24) is 19.8 Å². The van der Waals surface area contributed by atoms with Gasteiger partial charge in [-0.3, -0.25) is 9.88 Å². The van der Waals surface area contributed by atoms with Crippen LogP contribution in [0.2, 0.25) is 0 Å². The van der Waals surface area contributed by atoms with E-state index in [9.17, 15) is 0 Å². The second-order valence-corrected chi connectivity index (χ2v) is 11.7. The molecular formula is C31H44N4. The van der Waals surface area contributed by atoms with Gasteiger partial charge in [-0.2, -0.15) is 0 Å². The van der Waals surface area contributed by atoms with Gasteiger partial charge in [0.05, 0.1) is 5.69 Å². The van der Waals surface area contributed by atoms with Gasteiger partial charge in [-0.25, -0.2) is 0 Å². The lowest BCUT2D eigenvalue weighted by atomic mass is 9.87. The highest BCUT2D eigenvalue weighted by Crippen LogP contribution is 2.38. The van der Waals surface area contributed by atoms with E-state index < -0.39 is 0 Å². The van der Waals surface area contributed by atoms with Gasteiger partial charge in [-0.05, 0) is 120 Å². The number of H-pyrrole nitrogens is 1. The molecule has 4 heterocycles. The van der Waals surface area contributed by atoms with E-state index in [0.29, 0.717) is 17.9 Å². The second kappa shape index (κ2) is 10.1. The molecule has 1 aromatic carbocycles. The number of hydrogen-bond donors (Lipinski definition) is 1. The number of benzene rings is 1. The molecule has 0 amide bonds. The fourth-order valence-electron chi connectivity index (χ4n) is 6.67. The summed E-state index contributed by atoms with van der Waals surface area (Å²) in [5, 5.41) is 1.40. The zero-order valence-corrected chi connectivity index (χ0v) is 22.7. The summed E-state index contributed by atoms with van der Waals surface area (Å²) in [4.78, 5) is 13.8. The predicted molar refractivity (Wildman–Crippen MR) is 148 cm³/mol. The van der Waals surface area contributed by atoms with E-state index in [-0.39, 0.29) is 0 Å². The van der Waals surface area contributed by atoms with Crippen molar-refractivity contribution in [1.29, 1.82) is 0 Å². The van der Waals surface area contributed by atoms with Crippen molar-refractivity contribution in [2.45, 2.75) is 91.1 Å². The Bertz CT molecular complexity index is 1150. The van der Waals surface area contributed by atoms with Crippen molar-refractivity contribution < 1.29 is 0 Å². The van der Waals surface area contributed by atoms with E-state index in [1.165, 1.54) is 85.1 Å². The zero-order chi connectivity index (χ0) is 24.7. The molecular weight excluding hydrogens is 428 g/mol. The van der Waals surface area contributed by atoms with Gasteiger partial charge in [-0.15, -0.1) is 0 Å². The third-order valence-corrected chi connectivity index (χ3v) is 8.48. The Morgan fingerprint density at radius 3 is 2.29 bits per heavy atom. The van der Waals surface area contributed by atoms with Crippen LogP contribution in [0.25, 0.3) is 22.2 Å². The first kappa shape index (κ1) is 24.5. The number of nitrogens with one attached hydrogen (secondary N) is 1. The van der Waals surface area contributed by atoms with Gasteiger partial charge in [0.1, 0.15) is 0 Å². The Labute approximate surface area is 212 Å². The Morgan fingerprint density at radius 1 is 0.914 bits per heavy atom. The number of aromatic amines is 1. The largest absolute Gasteiger partial charge is 0.354 e. The standard InChI is InChI=1S/C31H44N4/c1-20(2)30-28-18-24(9-10-29(28)33-31(30)26-16-22(5)32-23(6)17-26)25-8-7-13-35(19-25)27-11-14-34(15-12-27)21(3)4/h9-10,16-18,20-21,25,27,33H,7-8,11-15,19H2,1-6H3. The van der Waals surface area contributed by atoms with Gasteiger partial charge in [0.25, 0.3) is 0 Å². The number of hydrogen-bond acceptors (Lipinski definition) is 3. The quantitative estimate of drug-likeness (QED) is 0.433. The number of likely N-dealkylation sites (tertiary alicyclic amines) is 2. The molecule has 2 saturated heterocycles. The lowest BCUT2D eigenvalue weighted by molar-refractivity contribution is 0.0733. The molecule has 1 atom stereocenters. The van der Waals surface area contributed by atoms with E-state index in [1.54, 1.807) is 0 Å². The third-order valence-electron chi connectivity index (χ3n) is 8.48. The second-order valence-electron chi connectivity index (χ2n) is 11.7. The van der Waals surface area contributed by atoms with Gasteiger partial charge in [0.15, 0.2) is 0 Å². The molecule has 2 aliphatic rings. The lowest BCUT2D eigenvalue weighted by Crippen LogP contribution is -2.49. The summed E-state index contributed by atoms with van der Waals surface area (Å²) in [5.41, 5.74) is 8.91. The Kier molecular flexibility index (Phi) is 7.05. The molecule has 0 spiro atoms. The van der Waals surface area contributed by atoms with Gasteiger partial charge in [0.2, 0.25) is 0 Å². The summed E-state index contributed by atoms with van der Waals surface area (Å²) < 4.78 is 0. The van der Waals surface area contributed by atoms with Crippen LogP contribution in [-0.2, 0) is 0 Å². The van der Waals surface area contributed by atoms with Crippen LogP contribution < -0.4 is 0 Å². The van der Waals surface area contributed by atoms with Crippen molar-refractivity contribution in [3.63, 3.8) is 0 Å². The monoisotopic (exact) mass is 472 g/mol. The maximum Gasteiger partial charge on any atom is 0.0501 e. The summed E-state index contributed by atoms with van der Waals surface area (Å²) in [5.74, 6) is 1.09. The Hall–Kier alpha value is -2.17. The number of pyridine rings is 1. The summed E-state index contributed by atoms with van der Waals surface area (Å²) >= 11 is 0. The van der Waals surface area contributed by atoms with Crippen molar-refractivity contribution in [2.24, 2.45) is 0 Å². The maximum atomic E-state index is 4.60. The maximum absolute atomic E-state index is 4.60. The highest BCUT2D eigenvalue weighted by Gasteiger charge is 2.30. The minimum absolute atomic E-state index is 0.455. The fraction of sp³-hybridized carbons (Fsp3) is 0.581. The number of rotatable bonds is 5. The molecule has 0 radical (unpaired) electrons. The predicted octanol–water partition coefficient (Wildman–Crippen LogP) is 7.02. The van der Waals surface area contributed by atoms with Crippen LogP contribution in [0.15, 0.2) is 30.3 Å². The van der Waals surface area contributed by atoms with Gasteiger partial charge < -0.3 is 9.88 Å². The summed E-state index contributed by atoms with van der Waals surface area (Å²) in [6.45, 7) is 18.5. The number of aryl methyl sites for hydroxylation is 2. The molecule has 0 bridgehead atoms. The summed E-state index contributed by atoms with van der Waals surface area (Å²) in [6, 6.07) is 13.1. The van der Waals surface area contributed by atoms with E-state index in [0.717, 1.165) is 17.4 Å². The molecule has 5 rings (SSSR count). The number of nitrogens with zero attached hydrogens (tertiary/aromatic N) is 3. The zero-order valence-electron chi connectivity index (χ0n) is 22.7. The lowest BCUT2D eigenvalue weighted by Gasteiger charge is -2.43. The highest BCUT2D eigenvalue weighted by atomic mass is 15.2. The number of piperidine rings is 2.